The van der Waals surface area contributed by atoms with Crippen LogP contribution in [-0.2, 0) is 6.42 Å². The lowest BCUT2D eigenvalue weighted by Crippen LogP contribution is -2.25. The van der Waals surface area contributed by atoms with Gasteiger partial charge in [-0.3, -0.25) is 0 Å². The summed E-state index contributed by atoms with van der Waals surface area (Å²) in [5.41, 5.74) is 7.42. The first kappa shape index (κ1) is 14.9. The highest BCUT2D eigenvalue weighted by molar-refractivity contribution is 9.10. The van der Waals surface area contributed by atoms with Crippen LogP contribution < -0.4 is 10.6 Å². The van der Waals surface area contributed by atoms with Crippen molar-refractivity contribution >= 4 is 38.8 Å². The standard InChI is InChI=1S/C14H16BrN3OS/c1-18(8-7-10-4-3-9-20-10)12-6-2-5-11(15)13(12)14(16)17-19/h2-6,9,19H,7-8H2,1H3,(H2,16,17). The van der Waals surface area contributed by atoms with Gasteiger partial charge in [-0.05, 0) is 45.9 Å². The summed E-state index contributed by atoms with van der Waals surface area (Å²) in [6.07, 6.45) is 0.969. The van der Waals surface area contributed by atoms with E-state index in [0.717, 1.165) is 23.1 Å². The number of rotatable bonds is 5. The number of benzene rings is 1. The van der Waals surface area contributed by atoms with Crippen LogP contribution in [0.4, 0.5) is 5.69 Å². The summed E-state index contributed by atoms with van der Waals surface area (Å²) in [5.74, 6) is 0.107. The molecular weight excluding hydrogens is 338 g/mol. The molecule has 0 bridgehead atoms. The molecule has 0 aliphatic carbocycles. The SMILES string of the molecule is CN(CCc1cccs1)c1cccc(Br)c1/C(N)=N/O. The van der Waals surface area contributed by atoms with Gasteiger partial charge in [-0.1, -0.05) is 17.3 Å². The van der Waals surface area contributed by atoms with E-state index >= 15 is 0 Å². The summed E-state index contributed by atoms with van der Waals surface area (Å²) in [6, 6.07) is 9.97. The molecule has 0 spiro atoms. The molecule has 2 rings (SSSR count). The van der Waals surface area contributed by atoms with E-state index in [4.69, 9.17) is 10.9 Å². The molecule has 1 aromatic heterocycles. The number of nitrogens with two attached hydrogens (primary N) is 1. The first-order valence-corrected chi connectivity index (χ1v) is 7.80. The van der Waals surface area contributed by atoms with Gasteiger partial charge in [-0.15, -0.1) is 11.3 Å². The van der Waals surface area contributed by atoms with Gasteiger partial charge < -0.3 is 15.8 Å². The van der Waals surface area contributed by atoms with E-state index in [2.05, 4.69) is 43.5 Å². The Hall–Kier alpha value is -1.53. The quantitative estimate of drug-likeness (QED) is 0.375. The number of hydrogen-bond acceptors (Lipinski definition) is 4. The molecule has 1 aromatic carbocycles. The minimum absolute atomic E-state index is 0.107. The van der Waals surface area contributed by atoms with Crippen molar-refractivity contribution in [1.29, 1.82) is 0 Å². The van der Waals surface area contributed by atoms with Crippen LogP contribution >= 0.6 is 27.3 Å². The van der Waals surface area contributed by atoms with Gasteiger partial charge in [0.2, 0.25) is 0 Å². The Labute approximate surface area is 130 Å². The molecule has 0 fully saturated rings. The van der Waals surface area contributed by atoms with Crippen molar-refractivity contribution in [3.63, 3.8) is 0 Å². The Morgan fingerprint density at radius 3 is 2.85 bits per heavy atom. The predicted octanol–water partition coefficient (Wildman–Crippen LogP) is 3.28. The van der Waals surface area contributed by atoms with Crippen molar-refractivity contribution in [2.45, 2.75) is 6.42 Å². The van der Waals surface area contributed by atoms with Gasteiger partial charge in [0, 0.05) is 28.6 Å². The number of amidine groups is 1. The van der Waals surface area contributed by atoms with Crippen molar-refractivity contribution in [3.8, 4) is 0 Å². The van der Waals surface area contributed by atoms with E-state index in [-0.39, 0.29) is 5.84 Å². The van der Waals surface area contributed by atoms with Crippen LogP contribution in [0.3, 0.4) is 0 Å². The topological polar surface area (TPSA) is 61.8 Å². The van der Waals surface area contributed by atoms with Crippen LogP contribution in [0.1, 0.15) is 10.4 Å². The monoisotopic (exact) mass is 353 g/mol. The van der Waals surface area contributed by atoms with Crippen LogP contribution in [0.5, 0.6) is 0 Å². The lowest BCUT2D eigenvalue weighted by Gasteiger charge is -2.22. The lowest BCUT2D eigenvalue weighted by molar-refractivity contribution is 0.318. The van der Waals surface area contributed by atoms with E-state index in [9.17, 15) is 0 Å². The zero-order valence-corrected chi connectivity index (χ0v) is 13.5. The van der Waals surface area contributed by atoms with Crippen LogP contribution in [0.15, 0.2) is 45.3 Å². The van der Waals surface area contributed by atoms with Crippen LogP contribution in [0, 0.1) is 0 Å². The second-order valence-electron chi connectivity index (χ2n) is 4.37. The molecule has 0 atom stereocenters. The van der Waals surface area contributed by atoms with E-state index in [0.29, 0.717) is 5.56 Å². The summed E-state index contributed by atoms with van der Waals surface area (Å²) in [4.78, 5) is 3.45. The van der Waals surface area contributed by atoms with Crippen molar-refractivity contribution < 1.29 is 5.21 Å². The van der Waals surface area contributed by atoms with E-state index in [1.165, 1.54) is 4.88 Å². The molecule has 0 saturated heterocycles. The van der Waals surface area contributed by atoms with Crippen LogP contribution in [-0.4, -0.2) is 24.6 Å². The lowest BCUT2D eigenvalue weighted by atomic mass is 10.1. The Morgan fingerprint density at radius 2 is 2.20 bits per heavy atom. The van der Waals surface area contributed by atoms with Crippen molar-refractivity contribution in [3.05, 3.63) is 50.6 Å². The van der Waals surface area contributed by atoms with E-state index < -0.39 is 0 Å². The number of thiophene rings is 1. The fraction of sp³-hybridized carbons (Fsp3) is 0.214. The summed E-state index contributed by atoms with van der Waals surface area (Å²) in [7, 11) is 2.00. The third kappa shape index (κ3) is 3.32. The Kier molecular flexibility index (Phi) is 5.03. The first-order valence-electron chi connectivity index (χ1n) is 6.13. The van der Waals surface area contributed by atoms with E-state index in [1.807, 2.05) is 25.2 Å². The molecular formula is C14H16BrN3OS. The molecule has 0 unspecified atom stereocenters. The fourth-order valence-corrected chi connectivity index (χ4v) is 3.24. The van der Waals surface area contributed by atoms with Crippen molar-refractivity contribution in [2.75, 3.05) is 18.5 Å². The molecule has 0 amide bonds. The molecule has 1 heterocycles. The second-order valence-corrected chi connectivity index (χ2v) is 6.26. The molecule has 3 N–H and O–H groups in total. The number of halogens is 1. The number of hydrogen-bond donors (Lipinski definition) is 2. The largest absolute Gasteiger partial charge is 0.409 e. The average Bonchev–Trinajstić information content (AvgIpc) is 2.97. The fourth-order valence-electron chi connectivity index (χ4n) is 1.99. The molecule has 0 saturated carbocycles. The highest BCUT2D eigenvalue weighted by Gasteiger charge is 2.14. The maximum atomic E-state index is 8.92. The molecule has 106 valence electrons. The zero-order chi connectivity index (χ0) is 14.5. The van der Waals surface area contributed by atoms with E-state index in [1.54, 1.807) is 11.3 Å². The number of oxime groups is 1. The van der Waals surface area contributed by atoms with Gasteiger partial charge in [0.05, 0.1) is 5.56 Å². The maximum absolute atomic E-state index is 8.92. The smallest absolute Gasteiger partial charge is 0.173 e. The third-order valence-corrected chi connectivity index (χ3v) is 4.64. The van der Waals surface area contributed by atoms with Crippen LogP contribution in [0.25, 0.3) is 0 Å². The summed E-state index contributed by atoms with van der Waals surface area (Å²) >= 11 is 5.20. The van der Waals surface area contributed by atoms with Gasteiger partial charge in [-0.2, -0.15) is 0 Å². The van der Waals surface area contributed by atoms with Gasteiger partial charge in [0.1, 0.15) is 0 Å². The molecule has 0 aliphatic rings. The van der Waals surface area contributed by atoms with Gasteiger partial charge in [0.15, 0.2) is 5.84 Å². The van der Waals surface area contributed by atoms with Gasteiger partial charge in [0.25, 0.3) is 0 Å². The normalized spacial score (nSPS) is 11.6. The minimum atomic E-state index is 0.107. The number of anilines is 1. The Balaban J connectivity index is 2.21. The van der Waals surface area contributed by atoms with Gasteiger partial charge in [-0.25, -0.2) is 0 Å². The number of nitrogens with zero attached hydrogens (tertiary/aromatic N) is 2. The number of likely N-dealkylation sites (N-methyl/N-ethyl adjacent to an activating group) is 1. The predicted molar refractivity (Wildman–Crippen MR) is 87.9 cm³/mol. The average molecular weight is 354 g/mol. The zero-order valence-electron chi connectivity index (χ0n) is 11.1. The minimum Gasteiger partial charge on any atom is -0.409 e. The highest BCUT2D eigenvalue weighted by atomic mass is 79.9. The summed E-state index contributed by atoms with van der Waals surface area (Å²) in [6.45, 7) is 0.864. The molecule has 0 aliphatic heterocycles. The van der Waals surface area contributed by atoms with Crippen molar-refractivity contribution in [1.82, 2.24) is 0 Å². The molecule has 4 nitrogen and oxygen atoms in total. The highest BCUT2D eigenvalue weighted by Crippen LogP contribution is 2.27. The summed E-state index contributed by atoms with van der Waals surface area (Å²) in [5, 5.41) is 14.1. The third-order valence-electron chi connectivity index (χ3n) is 3.04. The van der Waals surface area contributed by atoms with Gasteiger partial charge >= 0.3 is 0 Å². The molecule has 0 radical (unpaired) electrons. The maximum Gasteiger partial charge on any atom is 0.173 e. The molecule has 20 heavy (non-hydrogen) atoms. The summed E-state index contributed by atoms with van der Waals surface area (Å²) < 4.78 is 0.813. The Morgan fingerprint density at radius 1 is 1.40 bits per heavy atom. The van der Waals surface area contributed by atoms with Crippen molar-refractivity contribution in [2.24, 2.45) is 10.9 Å². The first-order chi connectivity index (χ1) is 9.63. The Bertz CT molecular complexity index is 598. The molecule has 6 heteroatoms. The molecule has 2 aromatic rings. The van der Waals surface area contributed by atoms with Crippen LogP contribution in [0.2, 0.25) is 0 Å². The second kappa shape index (κ2) is 6.76.